The molecule has 2 atom stereocenters. The highest BCUT2D eigenvalue weighted by molar-refractivity contribution is 7.84. The molecule has 0 spiro atoms. The first-order chi connectivity index (χ1) is 18.5. The summed E-state index contributed by atoms with van der Waals surface area (Å²) >= 11 is 0. The minimum Gasteiger partial charge on any atom is -0.456 e. The summed E-state index contributed by atoms with van der Waals surface area (Å²) in [7, 11) is -0.0497. The Labute approximate surface area is 237 Å². The summed E-state index contributed by atoms with van der Waals surface area (Å²) < 4.78 is 22.0. The van der Waals surface area contributed by atoms with Crippen LogP contribution in [0.4, 0.5) is 0 Å². The van der Waals surface area contributed by atoms with E-state index >= 15 is 0 Å². The first kappa shape index (κ1) is 27.8. The van der Waals surface area contributed by atoms with Gasteiger partial charge in [0, 0.05) is 40.5 Å². The van der Waals surface area contributed by atoms with Crippen LogP contribution in [0.3, 0.4) is 0 Å². The van der Waals surface area contributed by atoms with E-state index in [4.69, 9.17) is 4.74 Å². The molecule has 4 aromatic carbocycles. The van der Waals surface area contributed by atoms with Gasteiger partial charge >= 0.3 is 0 Å². The summed E-state index contributed by atoms with van der Waals surface area (Å²) in [6.07, 6.45) is 0. The van der Waals surface area contributed by atoms with Gasteiger partial charge in [0.1, 0.15) is 11.5 Å². The van der Waals surface area contributed by atoms with E-state index in [0.29, 0.717) is 0 Å². The minimum absolute atomic E-state index is 0.0886. The minimum atomic E-state index is -1.16. The third kappa shape index (κ3) is 5.11. The van der Waals surface area contributed by atoms with Gasteiger partial charge in [-0.15, -0.1) is 0 Å². The van der Waals surface area contributed by atoms with Crippen molar-refractivity contribution in [3.05, 3.63) is 114 Å². The smallest absolute Gasteiger partial charge is 0.139 e. The Hall–Kier alpha value is -2.78. The number of benzene rings is 4. The lowest BCUT2D eigenvalue weighted by molar-refractivity contribution is 0.379. The van der Waals surface area contributed by atoms with Gasteiger partial charge in [-0.25, -0.2) is 8.51 Å². The number of hydrogen-bond donors (Lipinski definition) is 0. The SMILES string of the molecule is C[C@H](c1cccc2c1Oc1c(P(c3ccccc3)c3ccccc3)cccc1C2(C)C)N(C)[S@](=O)C(C)(C)C. The van der Waals surface area contributed by atoms with Crippen molar-refractivity contribution in [3.63, 3.8) is 0 Å². The van der Waals surface area contributed by atoms with E-state index in [-0.39, 0.29) is 16.2 Å². The number of fused-ring (bicyclic) bond motifs is 2. The molecule has 202 valence electrons. The highest BCUT2D eigenvalue weighted by Crippen LogP contribution is 2.52. The van der Waals surface area contributed by atoms with Crippen molar-refractivity contribution >= 4 is 34.8 Å². The molecule has 0 N–H and O–H groups in total. The van der Waals surface area contributed by atoms with Crippen molar-refractivity contribution < 1.29 is 8.95 Å². The molecular formula is C34H38NO2PS. The van der Waals surface area contributed by atoms with Gasteiger partial charge in [0.15, 0.2) is 0 Å². The van der Waals surface area contributed by atoms with Crippen LogP contribution < -0.4 is 20.7 Å². The third-order valence-electron chi connectivity index (χ3n) is 7.64. The van der Waals surface area contributed by atoms with Gasteiger partial charge in [-0.05, 0) is 46.2 Å². The monoisotopic (exact) mass is 555 g/mol. The summed E-state index contributed by atoms with van der Waals surface area (Å²) in [6.45, 7) is 12.8. The van der Waals surface area contributed by atoms with Crippen LogP contribution in [0.25, 0.3) is 0 Å². The Bertz CT molecular complexity index is 1460. The molecule has 0 saturated carbocycles. The molecule has 0 radical (unpaired) electrons. The average molecular weight is 556 g/mol. The summed E-state index contributed by atoms with van der Waals surface area (Å²) in [5, 5.41) is 3.80. The van der Waals surface area contributed by atoms with E-state index in [1.54, 1.807) is 0 Å². The van der Waals surface area contributed by atoms with Crippen LogP contribution in [0, 0.1) is 0 Å². The molecule has 5 rings (SSSR count). The van der Waals surface area contributed by atoms with E-state index in [2.05, 4.69) is 118 Å². The molecule has 39 heavy (non-hydrogen) atoms. The van der Waals surface area contributed by atoms with Gasteiger partial charge < -0.3 is 4.74 Å². The molecule has 4 aromatic rings. The van der Waals surface area contributed by atoms with Crippen LogP contribution in [-0.4, -0.2) is 20.3 Å². The van der Waals surface area contributed by atoms with E-state index in [1.807, 2.05) is 32.1 Å². The predicted molar refractivity (Wildman–Crippen MR) is 168 cm³/mol. The number of nitrogens with zero attached hydrogens (tertiary/aromatic N) is 1. The van der Waals surface area contributed by atoms with Gasteiger partial charge in [-0.1, -0.05) is 111 Å². The van der Waals surface area contributed by atoms with Crippen molar-refractivity contribution in [2.45, 2.75) is 57.7 Å². The van der Waals surface area contributed by atoms with Crippen LogP contribution in [0.15, 0.2) is 97.1 Å². The summed E-state index contributed by atoms with van der Waals surface area (Å²) in [4.78, 5) is 0. The number of para-hydroxylation sites is 2. The molecule has 0 aromatic heterocycles. The second kappa shape index (κ2) is 10.7. The van der Waals surface area contributed by atoms with Crippen molar-refractivity contribution in [3.8, 4) is 11.5 Å². The molecule has 1 heterocycles. The maximum atomic E-state index is 13.3. The molecule has 0 saturated heterocycles. The lowest BCUT2D eigenvalue weighted by atomic mass is 9.75. The summed E-state index contributed by atoms with van der Waals surface area (Å²) in [5.74, 6) is 1.84. The highest BCUT2D eigenvalue weighted by atomic mass is 32.2. The number of rotatable bonds is 6. The van der Waals surface area contributed by atoms with Gasteiger partial charge in [0.2, 0.25) is 0 Å². The summed E-state index contributed by atoms with van der Waals surface area (Å²) in [6, 6.07) is 34.5. The quantitative estimate of drug-likeness (QED) is 0.233. The largest absolute Gasteiger partial charge is 0.456 e. The number of ether oxygens (including phenoxy) is 1. The normalized spacial score (nSPS) is 15.8. The standard InChI is InChI=1S/C34H38NO2PS/c1-24(35(7)39(36)33(2,3)4)27-20-14-21-28-31(27)37-32-29(34(28,5)6)22-15-23-30(32)38(25-16-10-8-11-17-25)26-18-12-9-13-19-26/h8-24H,1-7H3/t24-,39-/m1/s1. The van der Waals surface area contributed by atoms with Crippen molar-refractivity contribution in [2.75, 3.05) is 7.05 Å². The average Bonchev–Trinajstić information content (AvgIpc) is 2.93. The Morgan fingerprint density at radius 2 is 1.28 bits per heavy atom. The molecule has 0 unspecified atom stereocenters. The van der Waals surface area contributed by atoms with Crippen molar-refractivity contribution in [1.29, 1.82) is 0 Å². The van der Waals surface area contributed by atoms with E-state index in [0.717, 1.165) is 22.6 Å². The fourth-order valence-electron chi connectivity index (χ4n) is 5.39. The number of hydrogen-bond acceptors (Lipinski definition) is 2. The van der Waals surface area contributed by atoms with Gasteiger partial charge in [0.05, 0.1) is 15.7 Å². The lowest BCUT2D eigenvalue weighted by Crippen LogP contribution is -2.37. The third-order valence-corrected chi connectivity index (χ3v) is 12.0. The van der Waals surface area contributed by atoms with Crippen LogP contribution in [0.1, 0.15) is 64.3 Å². The molecule has 1 aliphatic rings. The lowest BCUT2D eigenvalue weighted by Gasteiger charge is -2.39. The van der Waals surface area contributed by atoms with Crippen LogP contribution in [0.5, 0.6) is 11.5 Å². The first-order valence-corrected chi connectivity index (χ1v) is 16.0. The van der Waals surface area contributed by atoms with Crippen LogP contribution >= 0.6 is 7.92 Å². The Morgan fingerprint density at radius 3 is 1.82 bits per heavy atom. The Balaban J connectivity index is 1.68. The van der Waals surface area contributed by atoms with Gasteiger partial charge in [-0.3, -0.25) is 0 Å². The molecule has 1 aliphatic heterocycles. The molecule has 3 nitrogen and oxygen atoms in total. The summed E-state index contributed by atoms with van der Waals surface area (Å²) in [5.41, 5.74) is 3.16. The van der Waals surface area contributed by atoms with E-state index in [1.165, 1.54) is 21.5 Å². The van der Waals surface area contributed by atoms with Crippen molar-refractivity contribution in [2.24, 2.45) is 0 Å². The van der Waals surface area contributed by atoms with Crippen LogP contribution in [0.2, 0.25) is 0 Å². The Kier molecular flexibility index (Phi) is 7.59. The van der Waals surface area contributed by atoms with Gasteiger partial charge in [0.25, 0.3) is 0 Å². The van der Waals surface area contributed by atoms with Crippen LogP contribution in [-0.2, 0) is 16.4 Å². The maximum absolute atomic E-state index is 13.3. The van der Waals surface area contributed by atoms with Crippen molar-refractivity contribution in [1.82, 2.24) is 4.31 Å². The molecule has 0 amide bonds. The zero-order chi connectivity index (χ0) is 27.9. The first-order valence-electron chi connectivity index (χ1n) is 13.5. The topological polar surface area (TPSA) is 29.5 Å². The maximum Gasteiger partial charge on any atom is 0.139 e. The Morgan fingerprint density at radius 1 is 0.769 bits per heavy atom. The predicted octanol–water partition coefficient (Wildman–Crippen LogP) is 7.33. The van der Waals surface area contributed by atoms with E-state index < -0.39 is 18.9 Å². The molecule has 0 fully saturated rings. The molecule has 5 heteroatoms. The fourth-order valence-corrected chi connectivity index (χ4v) is 9.05. The van der Waals surface area contributed by atoms with E-state index in [9.17, 15) is 4.21 Å². The zero-order valence-corrected chi connectivity index (χ0v) is 25.6. The zero-order valence-electron chi connectivity index (χ0n) is 23.9. The second-order valence-corrected chi connectivity index (χ2v) is 16.2. The molecular weight excluding hydrogens is 517 g/mol. The molecule has 0 bridgehead atoms. The van der Waals surface area contributed by atoms with Gasteiger partial charge in [-0.2, -0.15) is 0 Å². The molecule has 0 aliphatic carbocycles. The highest BCUT2D eigenvalue weighted by Gasteiger charge is 2.39. The second-order valence-electron chi connectivity index (χ2n) is 11.7. The fraction of sp³-hybridized carbons (Fsp3) is 0.294.